The third kappa shape index (κ3) is 1.39. The largest absolute Gasteiger partial charge is 0.375 e. The van der Waals surface area contributed by atoms with E-state index in [4.69, 9.17) is 11.6 Å². The normalized spacial score (nSPS) is 28.8. The van der Waals surface area contributed by atoms with Crippen molar-refractivity contribution in [1.82, 2.24) is 10.6 Å². The summed E-state index contributed by atoms with van der Waals surface area (Å²) in [7, 11) is 0. The summed E-state index contributed by atoms with van der Waals surface area (Å²) in [5, 5.41) is 6.98. The van der Waals surface area contributed by atoms with E-state index in [2.05, 4.69) is 10.6 Å². The zero-order valence-electron chi connectivity index (χ0n) is 4.74. The van der Waals surface area contributed by atoms with Gasteiger partial charge in [0.2, 0.25) is 0 Å². The standard InChI is InChI=1S/C5H9ClN2/c1-4-7-2-5(6)3-8-4/h2,4,7-8H,3H2,1H3. The minimum Gasteiger partial charge on any atom is -0.375 e. The molecular formula is C5H9ClN2. The van der Waals surface area contributed by atoms with Gasteiger partial charge in [-0.2, -0.15) is 0 Å². The van der Waals surface area contributed by atoms with E-state index in [0.29, 0.717) is 6.17 Å². The van der Waals surface area contributed by atoms with Gasteiger partial charge in [0, 0.05) is 17.8 Å². The van der Waals surface area contributed by atoms with E-state index in [0.717, 1.165) is 11.6 Å². The molecule has 0 bridgehead atoms. The molecule has 1 atom stereocenters. The lowest BCUT2D eigenvalue weighted by molar-refractivity contribution is 0.511. The number of nitrogens with one attached hydrogen (secondary N) is 2. The Morgan fingerprint density at radius 1 is 1.88 bits per heavy atom. The lowest BCUT2D eigenvalue weighted by Crippen LogP contribution is -2.41. The van der Waals surface area contributed by atoms with Crippen LogP contribution in [0.25, 0.3) is 0 Å². The monoisotopic (exact) mass is 132 g/mol. The predicted molar refractivity (Wildman–Crippen MR) is 34.5 cm³/mol. The van der Waals surface area contributed by atoms with E-state index in [1.807, 2.05) is 13.1 Å². The minimum absolute atomic E-state index is 0.359. The first-order chi connectivity index (χ1) is 3.79. The van der Waals surface area contributed by atoms with Crippen molar-refractivity contribution >= 4 is 11.6 Å². The molecule has 0 radical (unpaired) electrons. The first-order valence-corrected chi connectivity index (χ1v) is 3.01. The highest BCUT2D eigenvalue weighted by Crippen LogP contribution is 2.00. The zero-order valence-corrected chi connectivity index (χ0v) is 5.50. The summed E-state index contributed by atoms with van der Waals surface area (Å²) in [6, 6.07) is 0. The molecule has 3 heteroatoms. The Labute approximate surface area is 53.9 Å². The Hall–Kier alpha value is -0.210. The average Bonchev–Trinajstić information content (AvgIpc) is 1.77. The molecule has 8 heavy (non-hydrogen) atoms. The lowest BCUT2D eigenvalue weighted by Gasteiger charge is -2.18. The molecule has 0 aliphatic carbocycles. The molecule has 1 heterocycles. The smallest absolute Gasteiger partial charge is 0.0737 e. The molecule has 2 nitrogen and oxygen atoms in total. The molecule has 0 aromatic rings. The van der Waals surface area contributed by atoms with Crippen LogP contribution in [0.2, 0.25) is 0 Å². The van der Waals surface area contributed by atoms with Gasteiger partial charge in [0.1, 0.15) is 0 Å². The SMILES string of the molecule is CC1NC=C(Cl)CN1. The van der Waals surface area contributed by atoms with Crippen molar-refractivity contribution in [3.05, 3.63) is 11.2 Å². The fraction of sp³-hybridized carbons (Fsp3) is 0.600. The molecule has 0 aromatic heterocycles. The van der Waals surface area contributed by atoms with E-state index in [-0.39, 0.29) is 0 Å². The number of halogens is 1. The Bertz CT molecular complexity index is 111. The first kappa shape index (κ1) is 5.92. The summed E-state index contributed by atoms with van der Waals surface area (Å²) >= 11 is 5.62. The molecule has 0 saturated heterocycles. The fourth-order valence-corrected chi connectivity index (χ4v) is 0.716. The molecule has 1 rings (SSSR count). The van der Waals surface area contributed by atoms with Crippen LogP contribution in [-0.4, -0.2) is 12.7 Å². The quantitative estimate of drug-likeness (QED) is 0.505. The van der Waals surface area contributed by atoms with Crippen molar-refractivity contribution in [2.75, 3.05) is 6.54 Å². The summed E-state index contributed by atoms with van der Waals surface area (Å²) in [5.74, 6) is 0. The van der Waals surface area contributed by atoms with E-state index in [9.17, 15) is 0 Å². The van der Waals surface area contributed by atoms with Crippen LogP contribution in [0.3, 0.4) is 0 Å². The third-order valence-corrected chi connectivity index (χ3v) is 1.31. The highest BCUT2D eigenvalue weighted by molar-refractivity contribution is 6.29. The van der Waals surface area contributed by atoms with Crippen molar-refractivity contribution in [2.24, 2.45) is 0 Å². The topological polar surface area (TPSA) is 24.1 Å². The second kappa shape index (κ2) is 2.37. The predicted octanol–water partition coefficient (Wildman–Crippen LogP) is 0.605. The molecule has 0 aromatic carbocycles. The third-order valence-electron chi connectivity index (χ3n) is 1.07. The van der Waals surface area contributed by atoms with Gasteiger partial charge in [-0.15, -0.1) is 0 Å². The van der Waals surface area contributed by atoms with Gasteiger partial charge < -0.3 is 5.32 Å². The Morgan fingerprint density at radius 3 is 3.00 bits per heavy atom. The van der Waals surface area contributed by atoms with Crippen LogP contribution in [0.5, 0.6) is 0 Å². The van der Waals surface area contributed by atoms with E-state index >= 15 is 0 Å². The summed E-state index contributed by atoms with van der Waals surface area (Å²) in [4.78, 5) is 0. The Kier molecular flexibility index (Phi) is 1.76. The van der Waals surface area contributed by atoms with E-state index in [1.54, 1.807) is 0 Å². The molecule has 0 fully saturated rings. The van der Waals surface area contributed by atoms with Crippen molar-refractivity contribution in [1.29, 1.82) is 0 Å². The van der Waals surface area contributed by atoms with Gasteiger partial charge in [-0.1, -0.05) is 11.6 Å². The van der Waals surface area contributed by atoms with Crippen LogP contribution in [-0.2, 0) is 0 Å². The van der Waals surface area contributed by atoms with Crippen molar-refractivity contribution in [3.8, 4) is 0 Å². The Balaban J connectivity index is 2.42. The molecule has 46 valence electrons. The number of rotatable bonds is 0. The van der Waals surface area contributed by atoms with Crippen LogP contribution < -0.4 is 10.6 Å². The second-order valence-electron chi connectivity index (χ2n) is 1.86. The molecule has 1 aliphatic rings. The maximum Gasteiger partial charge on any atom is 0.0737 e. The zero-order chi connectivity index (χ0) is 5.98. The van der Waals surface area contributed by atoms with Crippen molar-refractivity contribution in [3.63, 3.8) is 0 Å². The highest BCUT2D eigenvalue weighted by Gasteiger charge is 2.03. The van der Waals surface area contributed by atoms with Gasteiger partial charge in [0.05, 0.1) is 6.17 Å². The summed E-state index contributed by atoms with van der Waals surface area (Å²) in [6.07, 6.45) is 2.18. The van der Waals surface area contributed by atoms with Gasteiger partial charge in [-0.25, -0.2) is 0 Å². The van der Waals surface area contributed by atoms with E-state index in [1.165, 1.54) is 0 Å². The summed E-state index contributed by atoms with van der Waals surface area (Å²) in [5.41, 5.74) is 0. The fourth-order valence-electron chi connectivity index (χ4n) is 0.576. The van der Waals surface area contributed by atoms with Gasteiger partial charge in [0.25, 0.3) is 0 Å². The van der Waals surface area contributed by atoms with Crippen LogP contribution in [0, 0.1) is 0 Å². The van der Waals surface area contributed by atoms with Crippen LogP contribution in [0.1, 0.15) is 6.92 Å². The number of hydrogen-bond acceptors (Lipinski definition) is 2. The molecule has 0 spiro atoms. The Morgan fingerprint density at radius 2 is 2.62 bits per heavy atom. The van der Waals surface area contributed by atoms with Gasteiger partial charge in [-0.05, 0) is 6.92 Å². The van der Waals surface area contributed by atoms with E-state index < -0.39 is 0 Å². The van der Waals surface area contributed by atoms with Gasteiger partial charge in [-0.3, -0.25) is 5.32 Å². The maximum absolute atomic E-state index is 5.62. The summed E-state index contributed by atoms with van der Waals surface area (Å²) in [6.45, 7) is 2.83. The molecule has 2 N–H and O–H groups in total. The molecular weight excluding hydrogens is 124 g/mol. The molecule has 0 saturated carbocycles. The summed E-state index contributed by atoms with van der Waals surface area (Å²) < 4.78 is 0. The average molecular weight is 133 g/mol. The van der Waals surface area contributed by atoms with Gasteiger partial charge >= 0.3 is 0 Å². The minimum atomic E-state index is 0.359. The van der Waals surface area contributed by atoms with Crippen LogP contribution in [0.4, 0.5) is 0 Å². The highest BCUT2D eigenvalue weighted by atomic mass is 35.5. The molecule has 1 unspecified atom stereocenters. The molecule has 0 amide bonds. The van der Waals surface area contributed by atoms with Crippen LogP contribution in [0.15, 0.2) is 11.2 Å². The second-order valence-corrected chi connectivity index (χ2v) is 2.35. The van der Waals surface area contributed by atoms with Crippen molar-refractivity contribution in [2.45, 2.75) is 13.1 Å². The van der Waals surface area contributed by atoms with Gasteiger partial charge in [0.15, 0.2) is 0 Å². The number of hydrogen-bond donors (Lipinski definition) is 2. The maximum atomic E-state index is 5.62. The lowest BCUT2D eigenvalue weighted by atomic mass is 10.4. The first-order valence-electron chi connectivity index (χ1n) is 2.63. The molecule has 1 aliphatic heterocycles. The van der Waals surface area contributed by atoms with Crippen LogP contribution >= 0.6 is 11.6 Å². The van der Waals surface area contributed by atoms with Crippen molar-refractivity contribution < 1.29 is 0 Å².